The van der Waals surface area contributed by atoms with Gasteiger partial charge in [0.15, 0.2) is 0 Å². The normalized spacial score (nSPS) is 17.6. The fraction of sp³-hybridized carbons (Fsp3) is 0.263. The molecule has 3 heterocycles. The van der Waals surface area contributed by atoms with Gasteiger partial charge in [0, 0.05) is 30.9 Å². The Hall–Kier alpha value is -3.09. The van der Waals surface area contributed by atoms with Gasteiger partial charge in [0.1, 0.15) is 11.5 Å². The molecule has 4 rings (SSSR count). The molecule has 1 aromatic heterocycles. The lowest BCUT2D eigenvalue weighted by atomic mass is 10.0. The van der Waals surface area contributed by atoms with Crippen LogP contribution in [0.4, 0.5) is 4.39 Å². The van der Waals surface area contributed by atoms with Crippen LogP contribution < -0.4 is 0 Å². The van der Waals surface area contributed by atoms with Gasteiger partial charge in [0.05, 0.1) is 5.56 Å². The van der Waals surface area contributed by atoms with Crippen LogP contribution in [0.25, 0.3) is 0 Å². The van der Waals surface area contributed by atoms with E-state index in [9.17, 15) is 18.8 Å². The molecule has 0 bridgehead atoms. The predicted octanol–water partition coefficient (Wildman–Crippen LogP) is 2.12. The van der Waals surface area contributed by atoms with Crippen molar-refractivity contribution in [2.45, 2.75) is 18.9 Å². The quantitative estimate of drug-likeness (QED) is 0.776. The van der Waals surface area contributed by atoms with E-state index < -0.39 is 5.82 Å². The Morgan fingerprint density at radius 1 is 1.08 bits per heavy atom. The number of rotatable bonds is 2. The van der Waals surface area contributed by atoms with Crippen LogP contribution in [0.5, 0.6) is 0 Å². The average Bonchev–Trinajstić information content (AvgIpc) is 2.92. The summed E-state index contributed by atoms with van der Waals surface area (Å²) in [4.78, 5) is 44.4. The Kier molecular flexibility index (Phi) is 3.99. The monoisotopic (exact) mass is 353 g/mol. The lowest BCUT2D eigenvalue weighted by Gasteiger charge is -2.35. The number of aromatic nitrogens is 1. The van der Waals surface area contributed by atoms with Gasteiger partial charge in [-0.1, -0.05) is 6.07 Å². The van der Waals surface area contributed by atoms with E-state index in [1.165, 1.54) is 29.3 Å². The third-order valence-electron chi connectivity index (χ3n) is 4.87. The average molecular weight is 353 g/mol. The van der Waals surface area contributed by atoms with Gasteiger partial charge in [-0.25, -0.2) is 4.39 Å². The Balaban J connectivity index is 1.45. The van der Waals surface area contributed by atoms with Crippen molar-refractivity contribution in [3.8, 4) is 0 Å². The zero-order valence-electron chi connectivity index (χ0n) is 13.9. The molecule has 1 aromatic carbocycles. The maximum absolute atomic E-state index is 13.3. The van der Waals surface area contributed by atoms with E-state index in [2.05, 4.69) is 4.98 Å². The highest BCUT2D eigenvalue weighted by Gasteiger charge is 2.42. The Bertz CT molecular complexity index is 871. The number of carbonyl (C=O) groups excluding carboxylic acids is 3. The number of imide groups is 1. The minimum atomic E-state index is -0.454. The second-order valence-corrected chi connectivity index (χ2v) is 6.41. The van der Waals surface area contributed by atoms with Crippen molar-refractivity contribution in [1.29, 1.82) is 0 Å². The summed E-state index contributed by atoms with van der Waals surface area (Å²) in [6, 6.07) is 8.55. The summed E-state index contributed by atoms with van der Waals surface area (Å²) in [5.41, 5.74) is 0.819. The standard InChI is InChI=1S/C19H16FN3O3/c20-13-4-1-3-12(11-13)17(24)22-9-6-14(7-10-22)23-18(25)15-5-2-8-21-16(15)19(23)26/h1-5,8,11,14H,6-7,9-10H2. The summed E-state index contributed by atoms with van der Waals surface area (Å²) < 4.78 is 13.3. The van der Waals surface area contributed by atoms with E-state index in [0.29, 0.717) is 37.1 Å². The molecule has 26 heavy (non-hydrogen) atoms. The highest BCUT2D eigenvalue weighted by atomic mass is 19.1. The maximum atomic E-state index is 13.3. The number of hydrogen-bond donors (Lipinski definition) is 0. The van der Waals surface area contributed by atoms with Crippen molar-refractivity contribution in [2.75, 3.05) is 13.1 Å². The third kappa shape index (κ3) is 2.65. The topological polar surface area (TPSA) is 70.6 Å². The second-order valence-electron chi connectivity index (χ2n) is 6.41. The predicted molar refractivity (Wildman–Crippen MR) is 90.1 cm³/mol. The highest BCUT2D eigenvalue weighted by molar-refractivity contribution is 6.20. The first kappa shape index (κ1) is 16.4. The minimum Gasteiger partial charge on any atom is -0.338 e. The molecule has 1 saturated heterocycles. The summed E-state index contributed by atoms with van der Waals surface area (Å²) >= 11 is 0. The SMILES string of the molecule is O=C(c1cccc(F)c1)N1CCC(N2C(=O)c3cccnc3C2=O)CC1. The summed E-state index contributed by atoms with van der Waals surface area (Å²) in [5, 5.41) is 0. The number of fused-ring (bicyclic) bond motifs is 1. The molecule has 6 nitrogen and oxygen atoms in total. The van der Waals surface area contributed by atoms with Gasteiger partial charge in [-0.3, -0.25) is 24.3 Å². The first-order chi connectivity index (χ1) is 12.6. The van der Waals surface area contributed by atoms with Crippen LogP contribution in [-0.2, 0) is 0 Å². The molecule has 3 amide bonds. The van der Waals surface area contributed by atoms with E-state index >= 15 is 0 Å². The van der Waals surface area contributed by atoms with Crippen molar-refractivity contribution in [3.63, 3.8) is 0 Å². The lowest BCUT2D eigenvalue weighted by Crippen LogP contribution is -2.48. The summed E-state index contributed by atoms with van der Waals surface area (Å²) in [6.45, 7) is 0.807. The number of amides is 3. The van der Waals surface area contributed by atoms with E-state index in [4.69, 9.17) is 0 Å². The molecular formula is C19H16FN3O3. The summed E-state index contributed by atoms with van der Waals surface area (Å²) in [6.07, 6.45) is 2.48. The largest absolute Gasteiger partial charge is 0.338 e. The van der Waals surface area contributed by atoms with Crippen LogP contribution in [-0.4, -0.2) is 51.6 Å². The van der Waals surface area contributed by atoms with E-state index in [1.807, 2.05) is 0 Å². The number of nitrogens with zero attached hydrogens (tertiary/aromatic N) is 3. The maximum Gasteiger partial charge on any atom is 0.280 e. The third-order valence-corrected chi connectivity index (χ3v) is 4.87. The van der Waals surface area contributed by atoms with Gasteiger partial charge < -0.3 is 4.90 Å². The van der Waals surface area contributed by atoms with E-state index in [-0.39, 0.29) is 29.5 Å². The number of halogens is 1. The number of likely N-dealkylation sites (tertiary alicyclic amines) is 1. The molecule has 132 valence electrons. The molecule has 2 aliphatic heterocycles. The number of pyridine rings is 1. The molecule has 0 spiro atoms. The second kappa shape index (κ2) is 6.33. The number of hydrogen-bond acceptors (Lipinski definition) is 4. The van der Waals surface area contributed by atoms with E-state index in [1.54, 1.807) is 23.1 Å². The van der Waals surface area contributed by atoms with Crippen LogP contribution in [0, 0.1) is 5.82 Å². The minimum absolute atomic E-state index is 0.191. The summed E-state index contributed by atoms with van der Waals surface area (Å²) in [5.74, 6) is -1.40. The zero-order valence-corrected chi connectivity index (χ0v) is 13.9. The first-order valence-corrected chi connectivity index (χ1v) is 8.44. The molecule has 0 atom stereocenters. The molecule has 0 N–H and O–H groups in total. The molecular weight excluding hydrogens is 337 g/mol. The van der Waals surface area contributed by atoms with Crippen molar-refractivity contribution in [1.82, 2.24) is 14.8 Å². The molecule has 0 aliphatic carbocycles. The van der Waals surface area contributed by atoms with Gasteiger partial charge in [0.25, 0.3) is 17.7 Å². The molecule has 7 heteroatoms. The molecule has 2 aliphatic rings. The molecule has 1 fully saturated rings. The highest BCUT2D eigenvalue weighted by Crippen LogP contribution is 2.27. The van der Waals surface area contributed by atoms with Crippen LogP contribution >= 0.6 is 0 Å². The first-order valence-electron chi connectivity index (χ1n) is 8.44. The van der Waals surface area contributed by atoms with Crippen molar-refractivity contribution >= 4 is 17.7 Å². The van der Waals surface area contributed by atoms with Gasteiger partial charge in [-0.2, -0.15) is 0 Å². The molecule has 0 radical (unpaired) electrons. The summed E-state index contributed by atoms with van der Waals surface area (Å²) in [7, 11) is 0. The van der Waals surface area contributed by atoms with Crippen LogP contribution in [0.1, 0.15) is 44.0 Å². The fourth-order valence-electron chi connectivity index (χ4n) is 3.55. The number of benzene rings is 1. The van der Waals surface area contributed by atoms with Crippen molar-refractivity contribution in [3.05, 3.63) is 65.2 Å². The smallest absolute Gasteiger partial charge is 0.280 e. The Morgan fingerprint density at radius 2 is 1.85 bits per heavy atom. The van der Waals surface area contributed by atoms with Crippen LogP contribution in [0.3, 0.4) is 0 Å². The molecule has 0 unspecified atom stereocenters. The number of piperidine rings is 1. The lowest BCUT2D eigenvalue weighted by molar-refractivity contribution is 0.0477. The van der Waals surface area contributed by atoms with Crippen LogP contribution in [0.15, 0.2) is 42.6 Å². The van der Waals surface area contributed by atoms with Gasteiger partial charge in [-0.05, 0) is 43.2 Å². The Labute approximate surface area is 149 Å². The zero-order chi connectivity index (χ0) is 18.3. The van der Waals surface area contributed by atoms with Gasteiger partial charge >= 0.3 is 0 Å². The van der Waals surface area contributed by atoms with Crippen molar-refractivity contribution in [2.24, 2.45) is 0 Å². The van der Waals surface area contributed by atoms with Crippen LogP contribution in [0.2, 0.25) is 0 Å². The molecule has 0 saturated carbocycles. The van der Waals surface area contributed by atoms with Gasteiger partial charge in [0.2, 0.25) is 0 Å². The molecule has 2 aromatic rings. The van der Waals surface area contributed by atoms with E-state index in [0.717, 1.165) is 0 Å². The Morgan fingerprint density at radius 3 is 2.54 bits per heavy atom. The fourth-order valence-corrected chi connectivity index (χ4v) is 3.55. The number of carbonyl (C=O) groups is 3. The van der Waals surface area contributed by atoms with Crippen molar-refractivity contribution < 1.29 is 18.8 Å². The van der Waals surface area contributed by atoms with Gasteiger partial charge in [-0.15, -0.1) is 0 Å².